The molecule has 0 radical (unpaired) electrons. The van der Waals surface area contributed by atoms with Crippen LogP contribution in [0.25, 0.3) is 6.08 Å². The summed E-state index contributed by atoms with van der Waals surface area (Å²) in [6.07, 6.45) is 2.91. The van der Waals surface area contributed by atoms with E-state index in [1.54, 1.807) is 30.3 Å². The van der Waals surface area contributed by atoms with Gasteiger partial charge in [-0.25, -0.2) is 4.79 Å². The summed E-state index contributed by atoms with van der Waals surface area (Å²) in [6, 6.07) is 15.8. The molecule has 27 heavy (non-hydrogen) atoms. The van der Waals surface area contributed by atoms with E-state index in [1.807, 2.05) is 51.1 Å². The van der Waals surface area contributed by atoms with Crippen LogP contribution in [0.2, 0.25) is 0 Å². The summed E-state index contributed by atoms with van der Waals surface area (Å²) >= 11 is 0. The minimum atomic E-state index is -0.582. The molecule has 0 aliphatic rings. The highest BCUT2D eigenvalue weighted by Gasteiger charge is 2.21. The lowest BCUT2D eigenvalue weighted by Crippen LogP contribution is -2.27. The van der Waals surface area contributed by atoms with E-state index in [9.17, 15) is 14.4 Å². The fourth-order valence-corrected chi connectivity index (χ4v) is 2.05. The number of ketones is 1. The SMILES string of the molecule is CC(C)(C)C(=O)Nc1ccc(C(=O)COC(=O)/C=C/c2ccccc2)cc1. The Bertz CT molecular complexity index is 831. The third-order valence-corrected chi connectivity index (χ3v) is 3.70. The van der Waals surface area contributed by atoms with Crippen molar-refractivity contribution < 1.29 is 19.1 Å². The van der Waals surface area contributed by atoms with E-state index in [0.29, 0.717) is 11.3 Å². The van der Waals surface area contributed by atoms with Gasteiger partial charge in [0.2, 0.25) is 5.91 Å². The molecule has 0 atom stereocenters. The average Bonchev–Trinajstić information content (AvgIpc) is 2.65. The number of amides is 1. The Morgan fingerprint density at radius 1 is 0.963 bits per heavy atom. The van der Waals surface area contributed by atoms with Crippen LogP contribution in [-0.2, 0) is 14.3 Å². The first-order chi connectivity index (χ1) is 12.8. The van der Waals surface area contributed by atoms with Crippen molar-refractivity contribution >= 4 is 29.4 Å². The second kappa shape index (κ2) is 8.94. The zero-order valence-electron chi connectivity index (χ0n) is 15.7. The molecule has 2 aromatic carbocycles. The number of esters is 1. The third kappa shape index (κ3) is 6.55. The quantitative estimate of drug-likeness (QED) is 0.475. The summed E-state index contributed by atoms with van der Waals surface area (Å²) in [7, 11) is 0. The summed E-state index contributed by atoms with van der Waals surface area (Å²) in [5.41, 5.74) is 1.38. The third-order valence-electron chi connectivity index (χ3n) is 3.70. The van der Waals surface area contributed by atoms with Crippen LogP contribution in [0.3, 0.4) is 0 Å². The molecule has 5 heteroatoms. The van der Waals surface area contributed by atoms with Crippen LogP contribution in [0.5, 0.6) is 0 Å². The maximum Gasteiger partial charge on any atom is 0.331 e. The van der Waals surface area contributed by atoms with Crippen molar-refractivity contribution in [1.29, 1.82) is 0 Å². The minimum absolute atomic E-state index is 0.110. The smallest absolute Gasteiger partial charge is 0.331 e. The molecule has 1 amide bonds. The molecular formula is C22H23NO4. The summed E-state index contributed by atoms with van der Waals surface area (Å²) in [5, 5.41) is 2.79. The van der Waals surface area contributed by atoms with Gasteiger partial charge in [0.05, 0.1) is 0 Å². The molecule has 5 nitrogen and oxygen atoms in total. The van der Waals surface area contributed by atoms with E-state index in [0.717, 1.165) is 5.56 Å². The van der Waals surface area contributed by atoms with E-state index >= 15 is 0 Å². The fraction of sp³-hybridized carbons (Fsp3) is 0.227. The predicted octanol–water partition coefficient (Wildman–Crippen LogP) is 4.11. The Morgan fingerprint density at radius 3 is 2.19 bits per heavy atom. The van der Waals surface area contributed by atoms with Crippen molar-refractivity contribution in [2.45, 2.75) is 20.8 Å². The number of hydrogen-bond acceptors (Lipinski definition) is 4. The van der Waals surface area contributed by atoms with Gasteiger partial charge in [-0.3, -0.25) is 9.59 Å². The van der Waals surface area contributed by atoms with E-state index in [1.165, 1.54) is 6.08 Å². The lowest BCUT2D eigenvalue weighted by Gasteiger charge is -2.17. The predicted molar refractivity (Wildman–Crippen MR) is 105 cm³/mol. The number of ether oxygens (including phenoxy) is 1. The van der Waals surface area contributed by atoms with Crippen molar-refractivity contribution in [2.24, 2.45) is 5.41 Å². The normalized spacial score (nSPS) is 11.2. The average molecular weight is 365 g/mol. The first kappa shape index (κ1) is 20.1. The Morgan fingerprint density at radius 2 is 1.59 bits per heavy atom. The first-order valence-corrected chi connectivity index (χ1v) is 8.60. The molecule has 0 aliphatic heterocycles. The van der Waals surface area contributed by atoms with E-state index in [-0.39, 0.29) is 18.3 Å². The standard InChI is InChI=1S/C22H23NO4/c1-22(2,3)21(26)23-18-12-10-17(11-13-18)19(24)15-27-20(25)14-9-16-7-5-4-6-8-16/h4-14H,15H2,1-3H3,(H,23,26)/b14-9+. The van der Waals surface area contributed by atoms with Crippen LogP contribution in [0.4, 0.5) is 5.69 Å². The van der Waals surface area contributed by atoms with Gasteiger partial charge >= 0.3 is 5.97 Å². The van der Waals surface area contributed by atoms with Crippen molar-refractivity contribution in [2.75, 3.05) is 11.9 Å². The maximum atomic E-state index is 12.1. The molecule has 140 valence electrons. The van der Waals surface area contributed by atoms with E-state index in [2.05, 4.69) is 5.32 Å². The van der Waals surface area contributed by atoms with Gasteiger partial charge in [-0.2, -0.15) is 0 Å². The topological polar surface area (TPSA) is 72.5 Å². The highest BCUT2D eigenvalue weighted by molar-refractivity contribution is 6.00. The van der Waals surface area contributed by atoms with Crippen LogP contribution in [0.1, 0.15) is 36.7 Å². The number of rotatable bonds is 6. The van der Waals surface area contributed by atoms with Crippen LogP contribution >= 0.6 is 0 Å². The molecule has 0 aliphatic carbocycles. The van der Waals surface area contributed by atoms with E-state index < -0.39 is 11.4 Å². The summed E-state index contributed by atoms with van der Waals surface area (Å²) in [4.78, 5) is 35.8. The monoisotopic (exact) mass is 365 g/mol. The number of benzene rings is 2. The van der Waals surface area contributed by atoms with Crippen molar-refractivity contribution in [3.63, 3.8) is 0 Å². The van der Waals surface area contributed by atoms with Gasteiger partial charge in [0.25, 0.3) is 0 Å². The molecule has 0 heterocycles. The molecular weight excluding hydrogens is 342 g/mol. The van der Waals surface area contributed by atoms with Gasteiger partial charge < -0.3 is 10.1 Å². The summed E-state index contributed by atoms with van der Waals surface area (Å²) in [6.45, 7) is 5.12. The second-order valence-electron chi connectivity index (χ2n) is 7.06. The van der Waals surface area contributed by atoms with Gasteiger partial charge in [-0.05, 0) is 35.9 Å². The van der Waals surface area contributed by atoms with Gasteiger partial charge in [0, 0.05) is 22.7 Å². The van der Waals surface area contributed by atoms with Crippen molar-refractivity contribution in [3.8, 4) is 0 Å². The fourth-order valence-electron chi connectivity index (χ4n) is 2.05. The lowest BCUT2D eigenvalue weighted by molar-refractivity contribution is -0.136. The molecule has 2 aromatic rings. The Kier molecular flexibility index (Phi) is 6.66. The first-order valence-electron chi connectivity index (χ1n) is 8.60. The summed E-state index contributed by atoms with van der Waals surface area (Å²) in [5.74, 6) is -1.01. The molecule has 0 saturated heterocycles. The number of nitrogens with one attached hydrogen (secondary N) is 1. The number of anilines is 1. The number of carbonyl (C=O) groups is 3. The molecule has 0 saturated carbocycles. The van der Waals surface area contributed by atoms with Gasteiger partial charge in [-0.15, -0.1) is 0 Å². The molecule has 1 N–H and O–H groups in total. The molecule has 0 bridgehead atoms. The molecule has 2 rings (SSSR count). The van der Waals surface area contributed by atoms with Gasteiger partial charge in [-0.1, -0.05) is 51.1 Å². The Labute approximate surface area is 159 Å². The van der Waals surface area contributed by atoms with Crippen LogP contribution in [0, 0.1) is 5.41 Å². The Balaban J connectivity index is 1.86. The number of Topliss-reactive ketones (excluding diaryl/α,β-unsaturated/α-hetero) is 1. The number of carbonyl (C=O) groups excluding carboxylic acids is 3. The molecule has 0 aromatic heterocycles. The zero-order chi connectivity index (χ0) is 19.9. The van der Waals surface area contributed by atoms with Crippen LogP contribution < -0.4 is 5.32 Å². The Hall–Kier alpha value is -3.21. The minimum Gasteiger partial charge on any atom is -0.454 e. The maximum absolute atomic E-state index is 12.1. The lowest BCUT2D eigenvalue weighted by atomic mass is 9.95. The van der Waals surface area contributed by atoms with Gasteiger partial charge in [0.15, 0.2) is 12.4 Å². The molecule has 0 spiro atoms. The largest absolute Gasteiger partial charge is 0.454 e. The molecule has 0 fully saturated rings. The number of hydrogen-bond donors (Lipinski definition) is 1. The highest BCUT2D eigenvalue weighted by atomic mass is 16.5. The van der Waals surface area contributed by atoms with Crippen molar-refractivity contribution in [1.82, 2.24) is 0 Å². The van der Waals surface area contributed by atoms with Crippen molar-refractivity contribution in [3.05, 3.63) is 71.8 Å². The second-order valence-corrected chi connectivity index (χ2v) is 7.06. The molecule has 0 unspecified atom stereocenters. The van der Waals surface area contributed by atoms with Crippen LogP contribution in [0.15, 0.2) is 60.7 Å². The van der Waals surface area contributed by atoms with Crippen LogP contribution in [-0.4, -0.2) is 24.3 Å². The van der Waals surface area contributed by atoms with Gasteiger partial charge in [0.1, 0.15) is 0 Å². The highest BCUT2D eigenvalue weighted by Crippen LogP contribution is 2.18. The summed E-state index contributed by atoms with van der Waals surface area (Å²) < 4.78 is 4.97. The van der Waals surface area contributed by atoms with E-state index in [4.69, 9.17) is 4.74 Å². The zero-order valence-corrected chi connectivity index (χ0v) is 15.7.